The van der Waals surface area contributed by atoms with Gasteiger partial charge in [0.05, 0.1) is 23.3 Å². The number of nitro benzene ring substituents is 1. The maximum atomic E-state index is 11.9. The van der Waals surface area contributed by atoms with Crippen LogP contribution in [0.2, 0.25) is 0 Å². The lowest BCUT2D eigenvalue weighted by Gasteiger charge is -2.33. The van der Waals surface area contributed by atoms with E-state index in [0.717, 1.165) is 19.6 Å². The van der Waals surface area contributed by atoms with Gasteiger partial charge in [0, 0.05) is 32.1 Å². The number of carbonyl (C=O) groups excluding carboxylic acids is 2. The van der Waals surface area contributed by atoms with Crippen molar-refractivity contribution in [2.75, 3.05) is 33.3 Å². The average molecular weight is 350 g/mol. The average Bonchev–Trinajstić information content (AvgIpc) is 2.60. The van der Waals surface area contributed by atoms with Crippen molar-refractivity contribution in [3.8, 4) is 5.75 Å². The summed E-state index contributed by atoms with van der Waals surface area (Å²) in [7, 11) is 1.97. The standard InChI is InChI=1S/C16H22N4O5/c1-19-7-6-17-10-15(19)18-16(22)3-2-8-25-13-4-5-14(20(23)24)12(9-13)11-21/h4-5,9,11,15,17H,2-3,6-8,10H2,1H3,(H,18,22). The summed E-state index contributed by atoms with van der Waals surface area (Å²) >= 11 is 0. The molecule has 9 heteroatoms. The van der Waals surface area contributed by atoms with Crippen molar-refractivity contribution >= 4 is 17.9 Å². The third-order valence-electron chi connectivity index (χ3n) is 3.98. The van der Waals surface area contributed by atoms with Crippen molar-refractivity contribution < 1.29 is 19.2 Å². The number of benzene rings is 1. The fourth-order valence-electron chi connectivity index (χ4n) is 2.53. The molecule has 1 atom stereocenters. The van der Waals surface area contributed by atoms with E-state index in [2.05, 4.69) is 15.5 Å². The van der Waals surface area contributed by atoms with Gasteiger partial charge in [0.1, 0.15) is 5.75 Å². The van der Waals surface area contributed by atoms with Gasteiger partial charge in [-0.25, -0.2) is 0 Å². The van der Waals surface area contributed by atoms with Gasteiger partial charge in [-0.2, -0.15) is 0 Å². The number of rotatable bonds is 8. The summed E-state index contributed by atoms with van der Waals surface area (Å²) in [6.07, 6.45) is 1.24. The SMILES string of the molecule is CN1CCNCC1NC(=O)CCCOc1ccc([N+](=O)[O-])c(C=O)c1. The monoisotopic (exact) mass is 350 g/mol. The topological polar surface area (TPSA) is 114 Å². The molecule has 9 nitrogen and oxygen atoms in total. The van der Waals surface area contributed by atoms with Gasteiger partial charge in [-0.05, 0) is 25.6 Å². The van der Waals surface area contributed by atoms with Crippen LogP contribution in [0.3, 0.4) is 0 Å². The van der Waals surface area contributed by atoms with E-state index in [4.69, 9.17) is 4.74 Å². The summed E-state index contributed by atoms with van der Waals surface area (Å²) in [6.45, 7) is 2.79. The maximum absolute atomic E-state index is 11.9. The van der Waals surface area contributed by atoms with Gasteiger partial charge in [-0.1, -0.05) is 0 Å². The van der Waals surface area contributed by atoms with Crippen molar-refractivity contribution in [1.29, 1.82) is 0 Å². The van der Waals surface area contributed by atoms with Crippen LogP contribution in [0.15, 0.2) is 18.2 Å². The molecule has 25 heavy (non-hydrogen) atoms. The number of carbonyl (C=O) groups is 2. The number of hydrogen-bond acceptors (Lipinski definition) is 7. The molecular formula is C16H22N4O5. The van der Waals surface area contributed by atoms with Crippen LogP contribution in [0.4, 0.5) is 5.69 Å². The molecule has 1 amide bonds. The molecule has 0 spiro atoms. The molecule has 0 aliphatic carbocycles. The number of nitro groups is 1. The highest BCUT2D eigenvalue weighted by atomic mass is 16.6. The van der Waals surface area contributed by atoms with Crippen LogP contribution in [0.5, 0.6) is 5.75 Å². The van der Waals surface area contributed by atoms with Gasteiger partial charge >= 0.3 is 0 Å². The van der Waals surface area contributed by atoms with Gasteiger partial charge in [0.15, 0.2) is 6.29 Å². The van der Waals surface area contributed by atoms with Crippen LogP contribution in [0, 0.1) is 10.1 Å². The number of aldehydes is 1. The molecule has 0 radical (unpaired) electrons. The second-order valence-corrected chi connectivity index (χ2v) is 5.82. The summed E-state index contributed by atoms with van der Waals surface area (Å²) in [5.74, 6) is 0.311. The molecule has 1 aromatic rings. The Hall–Kier alpha value is -2.52. The van der Waals surface area contributed by atoms with Crippen LogP contribution in [-0.4, -0.2) is 61.5 Å². The van der Waals surface area contributed by atoms with Crippen molar-refractivity contribution in [2.45, 2.75) is 19.0 Å². The first-order valence-corrected chi connectivity index (χ1v) is 8.08. The molecule has 1 unspecified atom stereocenters. The third kappa shape index (κ3) is 5.50. The molecule has 1 aliphatic heterocycles. The zero-order valence-corrected chi connectivity index (χ0v) is 14.1. The molecule has 1 aromatic carbocycles. The normalized spacial score (nSPS) is 17.7. The Morgan fingerprint density at radius 2 is 2.36 bits per heavy atom. The van der Waals surface area contributed by atoms with Crippen molar-refractivity contribution in [1.82, 2.24) is 15.5 Å². The van der Waals surface area contributed by atoms with Crippen molar-refractivity contribution in [3.05, 3.63) is 33.9 Å². The van der Waals surface area contributed by atoms with E-state index < -0.39 is 4.92 Å². The summed E-state index contributed by atoms with van der Waals surface area (Å²) in [6, 6.07) is 4.00. The number of hydrogen-bond donors (Lipinski definition) is 2. The van der Waals surface area contributed by atoms with Crippen LogP contribution in [0.1, 0.15) is 23.2 Å². The molecule has 1 heterocycles. The number of amides is 1. The zero-order chi connectivity index (χ0) is 18.2. The lowest BCUT2D eigenvalue weighted by atomic mass is 10.2. The lowest BCUT2D eigenvalue weighted by molar-refractivity contribution is -0.385. The second kappa shape index (κ2) is 9.09. The Morgan fingerprint density at radius 3 is 3.04 bits per heavy atom. The Labute approximate surface area is 145 Å². The quantitative estimate of drug-likeness (QED) is 0.304. The Balaban J connectivity index is 1.74. The van der Waals surface area contributed by atoms with Crippen molar-refractivity contribution in [2.24, 2.45) is 0 Å². The zero-order valence-electron chi connectivity index (χ0n) is 14.1. The molecule has 0 aromatic heterocycles. The Kier molecular flexibility index (Phi) is 6.84. The number of likely N-dealkylation sites (N-methyl/N-ethyl adjacent to an activating group) is 1. The largest absolute Gasteiger partial charge is 0.494 e. The van der Waals surface area contributed by atoms with Crippen molar-refractivity contribution in [3.63, 3.8) is 0 Å². The van der Waals surface area contributed by atoms with Gasteiger partial charge in [-0.15, -0.1) is 0 Å². The smallest absolute Gasteiger partial charge is 0.280 e. The molecule has 2 N–H and O–H groups in total. The minimum absolute atomic E-state index is 0.00742. The minimum Gasteiger partial charge on any atom is -0.494 e. The molecule has 1 saturated heterocycles. The molecule has 2 rings (SSSR count). The number of piperazine rings is 1. The third-order valence-corrected chi connectivity index (χ3v) is 3.98. The van der Waals surface area contributed by atoms with E-state index in [1.807, 2.05) is 7.05 Å². The highest BCUT2D eigenvalue weighted by molar-refractivity contribution is 5.82. The lowest BCUT2D eigenvalue weighted by Crippen LogP contribution is -2.57. The summed E-state index contributed by atoms with van der Waals surface area (Å²) < 4.78 is 5.46. The van der Waals surface area contributed by atoms with Crippen LogP contribution in [0.25, 0.3) is 0 Å². The highest BCUT2D eigenvalue weighted by Crippen LogP contribution is 2.22. The van der Waals surface area contributed by atoms with E-state index >= 15 is 0 Å². The first-order chi connectivity index (χ1) is 12.0. The molecule has 0 bridgehead atoms. The van der Waals surface area contributed by atoms with Gasteiger partial charge in [-0.3, -0.25) is 24.6 Å². The first-order valence-electron chi connectivity index (χ1n) is 8.08. The van der Waals surface area contributed by atoms with Gasteiger partial charge < -0.3 is 15.4 Å². The Morgan fingerprint density at radius 1 is 1.56 bits per heavy atom. The van der Waals surface area contributed by atoms with E-state index in [0.29, 0.717) is 24.9 Å². The maximum Gasteiger partial charge on any atom is 0.280 e. The summed E-state index contributed by atoms with van der Waals surface area (Å²) in [4.78, 5) is 35.1. The van der Waals surface area contributed by atoms with E-state index in [1.54, 1.807) is 0 Å². The Bertz CT molecular complexity index is 637. The van der Waals surface area contributed by atoms with E-state index in [1.165, 1.54) is 18.2 Å². The molecule has 136 valence electrons. The fourth-order valence-corrected chi connectivity index (χ4v) is 2.53. The van der Waals surface area contributed by atoms with Crippen LogP contribution < -0.4 is 15.4 Å². The van der Waals surface area contributed by atoms with Crippen LogP contribution in [-0.2, 0) is 4.79 Å². The second-order valence-electron chi connectivity index (χ2n) is 5.82. The predicted octanol–water partition coefficient (Wildman–Crippen LogP) is 0.544. The molecular weight excluding hydrogens is 328 g/mol. The molecule has 1 aliphatic rings. The molecule has 1 fully saturated rings. The number of nitrogens with zero attached hydrogens (tertiary/aromatic N) is 2. The fraction of sp³-hybridized carbons (Fsp3) is 0.500. The predicted molar refractivity (Wildman–Crippen MR) is 90.6 cm³/mol. The minimum atomic E-state index is -0.616. The highest BCUT2D eigenvalue weighted by Gasteiger charge is 2.20. The van der Waals surface area contributed by atoms with E-state index in [9.17, 15) is 19.7 Å². The summed E-state index contributed by atoms with van der Waals surface area (Å²) in [5.41, 5.74) is -0.292. The number of ether oxygens (including phenoxy) is 1. The number of nitrogens with one attached hydrogen (secondary N) is 2. The van der Waals surface area contributed by atoms with Crippen LogP contribution >= 0.6 is 0 Å². The van der Waals surface area contributed by atoms with Gasteiger partial charge in [0.25, 0.3) is 5.69 Å². The first kappa shape index (κ1) is 18.8. The molecule has 0 saturated carbocycles. The van der Waals surface area contributed by atoms with Gasteiger partial charge in [0.2, 0.25) is 5.91 Å². The summed E-state index contributed by atoms with van der Waals surface area (Å²) in [5, 5.41) is 16.9. The van der Waals surface area contributed by atoms with E-state index in [-0.39, 0.29) is 29.9 Å².